The molecule has 8 heteroatoms. The molecule has 0 saturated carbocycles. The van der Waals surface area contributed by atoms with Gasteiger partial charge in [-0.05, 0) is 42.3 Å². The fourth-order valence-corrected chi connectivity index (χ4v) is 4.57. The number of aryl methyl sites for hydroxylation is 1. The van der Waals surface area contributed by atoms with Gasteiger partial charge in [-0.15, -0.1) is 10.2 Å². The molecule has 0 unspecified atom stereocenters. The van der Waals surface area contributed by atoms with Crippen LogP contribution in [0.5, 0.6) is 0 Å². The first-order valence-electron chi connectivity index (χ1n) is 10.8. The van der Waals surface area contributed by atoms with E-state index in [-0.39, 0.29) is 6.10 Å². The Labute approximate surface area is 184 Å². The third-order valence-corrected chi connectivity index (χ3v) is 6.15. The second-order valence-electron chi connectivity index (χ2n) is 8.39. The summed E-state index contributed by atoms with van der Waals surface area (Å²) in [5.41, 5.74) is 5.26. The lowest BCUT2D eigenvalue weighted by molar-refractivity contribution is -0.0235. The van der Waals surface area contributed by atoms with Crippen molar-refractivity contribution in [3.05, 3.63) is 54.7 Å². The molecule has 6 rings (SSSR count). The van der Waals surface area contributed by atoms with Gasteiger partial charge in [-0.1, -0.05) is 12.1 Å². The minimum Gasteiger partial charge on any atom is -0.419 e. The van der Waals surface area contributed by atoms with Gasteiger partial charge in [-0.2, -0.15) is 5.10 Å². The van der Waals surface area contributed by atoms with Gasteiger partial charge < -0.3 is 14.1 Å². The zero-order valence-electron chi connectivity index (χ0n) is 18.1. The van der Waals surface area contributed by atoms with Crippen LogP contribution in [0.15, 0.2) is 53.2 Å². The largest absolute Gasteiger partial charge is 0.419 e. The summed E-state index contributed by atoms with van der Waals surface area (Å²) in [5, 5.41) is 15.4. The molecule has 1 atom stereocenters. The molecule has 1 saturated heterocycles. The number of benzene rings is 2. The van der Waals surface area contributed by atoms with Crippen LogP contribution in [-0.2, 0) is 18.3 Å². The fourth-order valence-electron chi connectivity index (χ4n) is 4.57. The van der Waals surface area contributed by atoms with E-state index in [0.29, 0.717) is 18.3 Å². The van der Waals surface area contributed by atoms with Gasteiger partial charge in [0, 0.05) is 42.6 Å². The van der Waals surface area contributed by atoms with Crippen molar-refractivity contribution >= 4 is 21.8 Å². The molecule has 8 nitrogen and oxygen atoms in total. The summed E-state index contributed by atoms with van der Waals surface area (Å²) in [6.07, 6.45) is 4.04. The van der Waals surface area contributed by atoms with Gasteiger partial charge in [-0.25, -0.2) is 0 Å². The average Bonchev–Trinajstić information content (AvgIpc) is 3.53. The molecule has 5 aromatic rings. The monoisotopic (exact) mass is 428 g/mol. The van der Waals surface area contributed by atoms with Crippen molar-refractivity contribution in [1.82, 2.24) is 29.9 Å². The second-order valence-corrected chi connectivity index (χ2v) is 8.39. The van der Waals surface area contributed by atoms with Crippen LogP contribution < -0.4 is 0 Å². The zero-order valence-corrected chi connectivity index (χ0v) is 18.1. The van der Waals surface area contributed by atoms with Crippen molar-refractivity contribution in [2.24, 2.45) is 7.05 Å². The highest BCUT2D eigenvalue weighted by Gasteiger charge is 2.21. The molecule has 0 amide bonds. The van der Waals surface area contributed by atoms with Crippen molar-refractivity contribution < 1.29 is 9.15 Å². The molecule has 1 aliphatic rings. The number of hydrogen-bond acceptors (Lipinski definition) is 6. The Morgan fingerprint density at radius 2 is 2.06 bits per heavy atom. The number of hydrogen-bond donors (Lipinski definition) is 1. The molecule has 32 heavy (non-hydrogen) atoms. The van der Waals surface area contributed by atoms with Crippen LogP contribution >= 0.6 is 0 Å². The molecule has 4 heterocycles. The quantitative estimate of drug-likeness (QED) is 0.466. The van der Waals surface area contributed by atoms with Crippen LogP contribution in [-0.4, -0.2) is 55.7 Å². The summed E-state index contributed by atoms with van der Waals surface area (Å²) in [6.45, 7) is 5.16. The average molecular weight is 428 g/mol. The maximum atomic E-state index is 6.14. The Hall–Kier alpha value is -3.49. The van der Waals surface area contributed by atoms with Crippen molar-refractivity contribution in [3.63, 3.8) is 0 Å². The van der Waals surface area contributed by atoms with Crippen LogP contribution in [0.4, 0.5) is 0 Å². The van der Waals surface area contributed by atoms with Crippen LogP contribution in [0.1, 0.15) is 12.8 Å². The number of nitrogens with zero attached hydrogens (tertiary/aromatic N) is 5. The Bertz CT molecular complexity index is 1410. The number of aromatic nitrogens is 5. The van der Waals surface area contributed by atoms with Gasteiger partial charge in [0.15, 0.2) is 0 Å². The molecule has 1 aliphatic heterocycles. The maximum absolute atomic E-state index is 6.14. The molecular formula is C24H24N6O2. The van der Waals surface area contributed by atoms with Crippen LogP contribution in [0, 0.1) is 0 Å². The minimum absolute atomic E-state index is 0.217. The number of rotatable bonds is 4. The summed E-state index contributed by atoms with van der Waals surface area (Å²) in [5.74, 6) is 1.13. The van der Waals surface area contributed by atoms with E-state index in [0.717, 1.165) is 52.8 Å². The minimum atomic E-state index is 0.217. The number of aromatic amines is 1. The third-order valence-electron chi connectivity index (χ3n) is 6.15. The number of ether oxygens (including phenoxy) is 1. The molecule has 1 N–H and O–H groups in total. The van der Waals surface area contributed by atoms with Crippen LogP contribution in [0.2, 0.25) is 0 Å². The van der Waals surface area contributed by atoms with Gasteiger partial charge in [0.25, 0.3) is 0 Å². The molecule has 1 fully saturated rings. The number of fused-ring (bicyclic) bond motifs is 2. The summed E-state index contributed by atoms with van der Waals surface area (Å²) in [4.78, 5) is 5.58. The van der Waals surface area contributed by atoms with Gasteiger partial charge in [0.05, 0.1) is 36.5 Å². The highest BCUT2D eigenvalue weighted by Crippen LogP contribution is 2.36. The van der Waals surface area contributed by atoms with E-state index in [4.69, 9.17) is 9.15 Å². The van der Waals surface area contributed by atoms with Gasteiger partial charge in [-0.3, -0.25) is 9.58 Å². The highest BCUT2D eigenvalue weighted by molar-refractivity contribution is 6.01. The lowest BCUT2D eigenvalue weighted by Crippen LogP contribution is -2.40. The second kappa shape index (κ2) is 7.58. The first kappa shape index (κ1) is 19.2. The Morgan fingerprint density at radius 3 is 2.97 bits per heavy atom. The molecule has 0 bridgehead atoms. The van der Waals surface area contributed by atoms with E-state index in [9.17, 15) is 0 Å². The van der Waals surface area contributed by atoms with E-state index in [1.807, 2.05) is 24.1 Å². The Morgan fingerprint density at radius 1 is 1.12 bits per heavy atom. The first-order chi connectivity index (χ1) is 15.7. The third kappa shape index (κ3) is 3.28. The van der Waals surface area contributed by atoms with Crippen molar-refractivity contribution in [3.8, 4) is 22.6 Å². The lowest BCUT2D eigenvalue weighted by atomic mass is 9.97. The maximum Gasteiger partial charge on any atom is 0.248 e. The van der Waals surface area contributed by atoms with Gasteiger partial charge in [0.1, 0.15) is 0 Å². The normalized spacial score (nSPS) is 17.5. The van der Waals surface area contributed by atoms with E-state index in [2.05, 4.69) is 68.5 Å². The van der Waals surface area contributed by atoms with E-state index in [1.54, 1.807) is 0 Å². The van der Waals surface area contributed by atoms with E-state index in [1.165, 1.54) is 5.39 Å². The molecule has 0 radical (unpaired) electrons. The number of morpholine rings is 1. The predicted octanol–water partition coefficient (Wildman–Crippen LogP) is 3.99. The smallest absolute Gasteiger partial charge is 0.248 e. The fraction of sp³-hybridized carbons (Fsp3) is 0.292. The summed E-state index contributed by atoms with van der Waals surface area (Å²) in [7, 11) is 1.95. The van der Waals surface area contributed by atoms with E-state index >= 15 is 0 Å². The Balaban J connectivity index is 1.43. The summed E-state index contributed by atoms with van der Waals surface area (Å²) < 4.78 is 13.7. The molecule has 2 aromatic carbocycles. The first-order valence-corrected chi connectivity index (χ1v) is 10.8. The highest BCUT2D eigenvalue weighted by atomic mass is 16.5. The summed E-state index contributed by atoms with van der Waals surface area (Å²) >= 11 is 0. The standard InChI is InChI=1S/C24H24N6O2/c1-15-13-30(8-9-31-15)14-23-27-28-24(32-23)19-10-16(11-22-20(19)12-26-29(22)2)17-4-3-5-21-18(17)6-7-25-21/h3-7,10-12,15,25H,8-9,13-14H2,1-2H3/t15-/m1/s1. The zero-order chi connectivity index (χ0) is 21.7. The van der Waals surface area contributed by atoms with Crippen molar-refractivity contribution in [2.75, 3.05) is 19.7 Å². The molecule has 162 valence electrons. The SMILES string of the molecule is C[C@@H]1CN(Cc2nnc(-c3cc(-c4cccc5[nH]ccc45)cc4c3cnn4C)o2)CCO1. The molecule has 0 aliphatic carbocycles. The van der Waals surface area contributed by atoms with Crippen LogP contribution in [0.3, 0.4) is 0 Å². The van der Waals surface area contributed by atoms with E-state index < -0.39 is 0 Å². The molecule has 3 aromatic heterocycles. The van der Waals surface area contributed by atoms with Crippen LogP contribution in [0.25, 0.3) is 44.4 Å². The predicted molar refractivity (Wildman–Crippen MR) is 122 cm³/mol. The number of nitrogens with one attached hydrogen (secondary N) is 1. The molecular weight excluding hydrogens is 404 g/mol. The summed E-state index contributed by atoms with van der Waals surface area (Å²) in [6, 6.07) is 12.7. The van der Waals surface area contributed by atoms with Gasteiger partial charge in [0.2, 0.25) is 11.8 Å². The Kier molecular flexibility index (Phi) is 4.55. The lowest BCUT2D eigenvalue weighted by Gasteiger charge is -2.29. The number of H-pyrrole nitrogens is 1. The van der Waals surface area contributed by atoms with Crippen molar-refractivity contribution in [2.45, 2.75) is 19.6 Å². The van der Waals surface area contributed by atoms with Crippen molar-refractivity contribution in [1.29, 1.82) is 0 Å². The van der Waals surface area contributed by atoms with Gasteiger partial charge >= 0.3 is 0 Å². The molecule has 0 spiro atoms. The topological polar surface area (TPSA) is 85.0 Å².